The highest BCUT2D eigenvalue weighted by atomic mass is 32.1. The van der Waals surface area contributed by atoms with Crippen molar-refractivity contribution in [2.75, 3.05) is 18.0 Å². The number of ether oxygens (including phenoxy) is 1. The van der Waals surface area contributed by atoms with Crippen LogP contribution in [-0.4, -0.2) is 30.5 Å². The third-order valence-corrected chi connectivity index (χ3v) is 5.05. The van der Waals surface area contributed by atoms with Gasteiger partial charge in [-0.05, 0) is 43.8 Å². The number of likely N-dealkylation sites (N-methyl/N-ethyl adjacent to an activating group) is 1. The van der Waals surface area contributed by atoms with Gasteiger partial charge in [0.25, 0.3) is 17.4 Å². The first-order valence-corrected chi connectivity index (χ1v) is 8.85. The zero-order valence-corrected chi connectivity index (χ0v) is 14.6. The molecule has 1 atom stereocenters. The Morgan fingerprint density at radius 2 is 2.08 bits per heavy atom. The van der Waals surface area contributed by atoms with Crippen molar-refractivity contribution in [3.63, 3.8) is 0 Å². The van der Waals surface area contributed by atoms with E-state index in [1.165, 1.54) is 11.8 Å². The minimum Gasteiger partial charge on any atom is -0.466 e. The lowest BCUT2D eigenvalue weighted by molar-refractivity contribution is -0.148. The fourth-order valence-electron chi connectivity index (χ4n) is 2.78. The summed E-state index contributed by atoms with van der Waals surface area (Å²) in [5.74, 6) is -0.191. The summed E-state index contributed by atoms with van der Waals surface area (Å²) in [7, 11) is 0. The average molecular weight is 344 g/mol. The minimum absolute atomic E-state index is 0.336. The number of para-hydroxylation sites is 2. The summed E-state index contributed by atoms with van der Waals surface area (Å²) in [5.41, 5.74) is -0.839. The lowest BCUT2D eigenvalue weighted by Crippen LogP contribution is -2.62. The predicted octanol–water partition coefficient (Wildman–Crippen LogP) is 2.61. The molecule has 24 heavy (non-hydrogen) atoms. The Morgan fingerprint density at radius 1 is 1.29 bits per heavy atom. The van der Waals surface area contributed by atoms with Crippen LogP contribution in [0.15, 0.2) is 41.8 Å². The van der Waals surface area contributed by atoms with Gasteiger partial charge in [0.1, 0.15) is 5.75 Å². The fourth-order valence-corrected chi connectivity index (χ4v) is 3.49. The third-order valence-electron chi connectivity index (χ3n) is 4.11. The number of anilines is 1. The predicted molar refractivity (Wildman–Crippen MR) is 94.5 cm³/mol. The Labute approximate surface area is 145 Å². The normalized spacial score (nSPS) is 19.6. The zero-order chi connectivity index (χ0) is 17.2. The summed E-state index contributed by atoms with van der Waals surface area (Å²) in [6, 6.07) is 11.3. The molecule has 0 radical (unpaired) electrons. The smallest absolute Gasteiger partial charge is 0.280 e. The van der Waals surface area contributed by atoms with Crippen LogP contribution in [0.1, 0.15) is 18.7 Å². The van der Waals surface area contributed by atoms with Gasteiger partial charge >= 0.3 is 0 Å². The molecule has 2 heterocycles. The standard InChI is InChI=1S/C18H20N2O3S/c1-3-20-14-8-4-5-9-15(14)23-18(2,17(20)22)16(21)19-11-10-13-7-6-12-24-13/h4-9,12H,3,10-11H2,1-2H3,(H,19,21). The first-order valence-electron chi connectivity index (χ1n) is 7.97. The molecule has 0 aliphatic carbocycles. The van der Waals surface area contributed by atoms with Gasteiger partial charge in [0, 0.05) is 18.0 Å². The van der Waals surface area contributed by atoms with Gasteiger partial charge in [-0.2, -0.15) is 0 Å². The molecular formula is C18H20N2O3S. The SMILES string of the molecule is CCN1C(=O)C(C)(C(=O)NCCc2cccs2)Oc2ccccc21. The van der Waals surface area contributed by atoms with Gasteiger partial charge in [-0.15, -0.1) is 11.3 Å². The summed E-state index contributed by atoms with van der Waals surface area (Å²) >= 11 is 1.65. The highest BCUT2D eigenvalue weighted by Crippen LogP contribution is 2.37. The Morgan fingerprint density at radius 3 is 2.79 bits per heavy atom. The van der Waals surface area contributed by atoms with Gasteiger partial charge in [0.2, 0.25) is 0 Å². The Balaban J connectivity index is 1.76. The number of amides is 2. The van der Waals surface area contributed by atoms with E-state index in [9.17, 15) is 9.59 Å². The minimum atomic E-state index is -1.54. The van der Waals surface area contributed by atoms with Gasteiger partial charge in [-0.1, -0.05) is 18.2 Å². The van der Waals surface area contributed by atoms with Gasteiger partial charge < -0.3 is 15.0 Å². The second-order valence-electron chi connectivity index (χ2n) is 5.74. The van der Waals surface area contributed by atoms with Crippen molar-refractivity contribution in [3.8, 4) is 5.75 Å². The molecule has 0 saturated heterocycles. The zero-order valence-electron chi connectivity index (χ0n) is 13.7. The summed E-state index contributed by atoms with van der Waals surface area (Å²) in [6.45, 7) is 4.38. The number of hydrogen-bond donors (Lipinski definition) is 1. The Kier molecular flexibility index (Phi) is 4.57. The Hall–Kier alpha value is -2.34. The van der Waals surface area contributed by atoms with Crippen LogP contribution in [0.25, 0.3) is 0 Å². The quantitative estimate of drug-likeness (QED) is 0.848. The van der Waals surface area contributed by atoms with Crippen molar-refractivity contribution in [3.05, 3.63) is 46.7 Å². The van der Waals surface area contributed by atoms with E-state index in [4.69, 9.17) is 4.74 Å². The number of carbonyl (C=O) groups excluding carboxylic acids is 2. The molecule has 1 unspecified atom stereocenters. The van der Waals surface area contributed by atoms with E-state index in [-0.39, 0.29) is 5.91 Å². The molecule has 6 heteroatoms. The molecule has 126 valence electrons. The second-order valence-corrected chi connectivity index (χ2v) is 6.77. The number of rotatable bonds is 5. The highest BCUT2D eigenvalue weighted by Gasteiger charge is 2.50. The summed E-state index contributed by atoms with van der Waals surface area (Å²) < 4.78 is 5.81. The van der Waals surface area contributed by atoms with E-state index < -0.39 is 11.5 Å². The van der Waals surface area contributed by atoms with E-state index in [2.05, 4.69) is 5.32 Å². The first kappa shape index (κ1) is 16.5. The summed E-state index contributed by atoms with van der Waals surface area (Å²) in [4.78, 5) is 28.3. The summed E-state index contributed by atoms with van der Waals surface area (Å²) in [5, 5.41) is 4.83. The van der Waals surface area contributed by atoms with Crippen LogP contribution in [-0.2, 0) is 16.0 Å². The molecule has 2 amide bonds. The van der Waals surface area contributed by atoms with Gasteiger partial charge in [-0.3, -0.25) is 9.59 Å². The second kappa shape index (κ2) is 6.65. The van der Waals surface area contributed by atoms with E-state index in [0.29, 0.717) is 24.5 Å². The van der Waals surface area contributed by atoms with Gasteiger partial charge in [0.05, 0.1) is 5.69 Å². The maximum atomic E-state index is 12.8. The largest absolute Gasteiger partial charge is 0.466 e. The molecular weight excluding hydrogens is 324 g/mol. The molecule has 0 spiro atoms. The van der Waals surface area contributed by atoms with E-state index in [0.717, 1.165) is 6.42 Å². The number of benzene rings is 1. The van der Waals surface area contributed by atoms with Crippen LogP contribution in [0.2, 0.25) is 0 Å². The van der Waals surface area contributed by atoms with Crippen molar-refractivity contribution >= 4 is 28.8 Å². The molecule has 0 fully saturated rings. The number of nitrogens with one attached hydrogen (secondary N) is 1. The van der Waals surface area contributed by atoms with E-state index in [1.54, 1.807) is 22.3 Å². The monoisotopic (exact) mass is 344 g/mol. The van der Waals surface area contributed by atoms with E-state index in [1.807, 2.05) is 42.6 Å². The average Bonchev–Trinajstić information content (AvgIpc) is 3.09. The van der Waals surface area contributed by atoms with Crippen LogP contribution >= 0.6 is 11.3 Å². The fraction of sp³-hybridized carbons (Fsp3) is 0.333. The number of fused-ring (bicyclic) bond motifs is 1. The van der Waals surface area contributed by atoms with Crippen LogP contribution in [0, 0.1) is 0 Å². The van der Waals surface area contributed by atoms with Crippen LogP contribution < -0.4 is 15.0 Å². The molecule has 3 rings (SSSR count). The van der Waals surface area contributed by atoms with Crippen molar-refractivity contribution in [1.82, 2.24) is 5.32 Å². The lowest BCUT2D eigenvalue weighted by Gasteiger charge is -2.39. The molecule has 5 nitrogen and oxygen atoms in total. The topological polar surface area (TPSA) is 58.6 Å². The van der Waals surface area contributed by atoms with Crippen molar-refractivity contribution in [2.45, 2.75) is 25.9 Å². The molecule has 1 aromatic heterocycles. The van der Waals surface area contributed by atoms with Crippen LogP contribution in [0.4, 0.5) is 5.69 Å². The van der Waals surface area contributed by atoms with Crippen molar-refractivity contribution in [1.29, 1.82) is 0 Å². The van der Waals surface area contributed by atoms with Crippen molar-refractivity contribution < 1.29 is 14.3 Å². The lowest BCUT2D eigenvalue weighted by atomic mass is 10.00. The molecule has 0 bridgehead atoms. The van der Waals surface area contributed by atoms with E-state index >= 15 is 0 Å². The molecule has 2 aromatic rings. The number of nitrogens with zero attached hydrogens (tertiary/aromatic N) is 1. The van der Waals surface area contributed by atoms with Crippen LogP contribution in [0.3, 0.4) is 0 Å². The maximum Gasteiger partial charge on any atom is 0.280 e. The number of hydrogen-bond acceptors (Lipinski definition) is 4. The molecule has 1 aromatic carbocycles. The molecule has 0 saturated carbocycles. The summed E-state index contributed by atoms with van der Waals surface area (Å²) in [6.07, 6.45) is 0.738. The van der Waals surface area contributed by atoms with Crippen molar-refractivity contribution in [2.24, 2.45) is 0 Å². The number of thiophene rings is 1. The molecule has 1 aliphatic rings. The highest BCUT2D eigenvalue weighted by molar-refractivity contribution is 7.09. The third kappa shape index (κ3) is 2.89. The van der Waals surface area contributed by atoms with Gasteiger partial charge in [-0.25, -0.2) is 0 Å². The number of carbonyl (C=O) groups is 2. The van der Waals surface area contributed by atoms with Crippen LogP contribution in [0.5, 0.6) is 5.75 Å². The van der Waals surface area contributed by atoms with Gasteiger partial charge in [0.15, 0.2) is 0 Å². The Bertz CT molecular complexity index is 744. The maximum absolute atomic E-state index is 12.8. The first-order chi connectivity index (χ1) is 11.6. The molecule has 1 aliphatic heterocycles. The molecule has 1 N–H and O–H groups in total.